The van der Waals surface area contributed by atoms with Gasteiger partial charge in [0.25, 0.3) is 11.5 Å². The molecule has 1 N–H and O–H groups in total. The lowest BCUT2D eigenvalue weighted by atomic mass is 10.2. The van der Waals surface area contributed by atoms with E-state index in [-0.39, 0.29) is 22.3 Å². The Morgan fingerprint density at radius 1 is 1.09 bits per heavy atom. The topological polar surface area (TPSA) is 95.2 Å². The van der Waals surface area contributed by atoms with E-state index in [2.05, 4.69) is 10.3 Å². The van der Waals surface area contributed by atoms with Crippen LogP contribution in [0.3, 0.4) is 0 Å². The molecule has 2 aromatic heterocycles. The van der Waals surface area contributed by atoms with Crippen LogP contribution in [-0.4, -0.2) is 27.1 Å². The molecule has 9 heteroatoms. The summed E-state index contributed by atoms with van der Waals surface area (Å²) in [5, 5.41) is 2.55. The minimum absolute atomic E-state index is 0.0109. The number of rotatable bonds is 4. The molecule has 0 bridgehead atoms. The van der Waals surface area contributed by atoms with E-state index in [1.54, 1.807) is 37.3 Å². The lowest BCUT2D eigenvalue weighted by Crippen LogP contribution is -2.38. The Kier molecular flexibility index (Phi) is 5.31. The number of ether oxygens (including phenoxy) is 1. The third kappa shape index (κ3) is 3.64. The summed E-state index contributed by atoms with van der Waals surface area (Å²) in [6.45, 7) is 1.74. The number of pyridine rings is 1. The van der Waals surface area contributed by atoms with Gasteiger partial charge in [0.2, 0.25) is 0 Å². The van der Waals surface area contributed by atoms with Gasteiger partial charge in [-0.05, 0) is 55.0 Å². The maximum atomic E-state index is 14.1. The van der Waals surface area contributed by atoms with Gasteiger partial charge in [-0.1, -0.05) is 6.07 Å². The second-order valence-corrected chi connectivity index (χ2v) is 7.21. The van der Waals surface area contributed by atoms with Gasteiger partial charge in [-0.2, -0.15) is 0 Å². The van der Waals surface area contributed by atoms with Crippen LogP contribution in [0.4, 0.5) is 10.1 Å². The highest BCUT2D eigenvalue weighted by molar-refractivity contribution is 6.05. The molecule has 1 amide bonds. The summed E-state index contributed by atoms with van der Waals surface area (Å²) in [7, 11) is 2.87. The van der Waals surface area contributed by atoms with Crippen molar-refractivity contribution in [3.8, 4) is 11.4 Å². The lowest BCUT2D eigenvalue weighted by molar-refractivity contribution is 0.102. The number of aromatic nitrogens is 3. The minimum atomic E-state index is -0.633. The van der Waals surface area contributed by atoms with E-state index < -0.39 is 23.0 Å². The van der Waals surface area contributed by atoms with Crippen LogP contribution in [0.5, 0.6) is 5.75 Å². The Hall–Kier alpha value is -4.27. The Labute approximate surface area is 181 Å². The van der Waals surface area contributed by atoms with Crippen molar-refractivity contribution in [2.24, 2.45) is 7.05 Å². The average molecular weight is 434 g/mol. The summed E-state index contributed by atoms with van der Waals surface area (Å²) >= 11 is 0. The number of amides is 1. The molecule has 0 radical (unpaired) electrons. The van der Waals surface area contributed by atoms with Crippen molar-refractivity contribution in [2.45, 2.75) is 6.92 Å². The van der Waals surface area contributed by atoms with E-state index in [1.165, 1.54) is 43.1 Å². The highest BCUT2D eigenvalue weighted by Crippen LogP contribution is 2.19. The van der Waals surface area contributed by atoms with E-state index >= 15 is 0 Å². The first-order chi connectivity index (χ1) is 15.3. The summed E-state index contributed by atoms with van der Waals surface area (Å²) in [6, 6.07) is 12.4. The number of carbonyl (C=O) groups is 1. The van der Waals surface area contributed by atoms with Crippen LogP contribution >= 0.6 is 0 Å². The van der Waals surface area contributed by atoms with E-state index in [0.29, 0.717) is 17.0 Å². The van der Waals surface area contributed by atoms with E-state index in [0.717, 1.165) is 4.57 Å². The molecular formula is C23H19FN4O4. The van der Waals surface area contributed by atoms with Crippen LogP contribution < -0.4 is 21.3 Å². The maximum absolute atomic E-state index is 14.1. The lowest BCUT2D eigenvalue weighted by Gasteiger charge is -2.13. The Balaban J connectivity index is 1.82. The third-order valence-corrected chi connectivity index (χ3v) is 5.06. The van der Waals surface area contributed by atoms with Gasteiger partial charge in [-0.25, -0.2) is 18.7 Å². The standard InChI is InChI=1S/C23H19FN4O4/c1-13-4-9-19(18(24)10-13)26-21(29)14-11-17-20(25-12-14)28(23(31)27(2)22(17)30)15-5-7-16(32-3)8-6-15/h4-12H,1-3H3,(H,26,29). The molecule has 0 aliphatic rings. The predicted octanol–water partition coefficient (Wildman–Crippen LogP) is 2.79. The molecule has 0 unspecified atom stereocenters. The first-order valence-electron chi connectivity index (χ1n) is 9.64. The monoisotopic (exact) mass is 434 g/mol. The highest BCUT2D eigenvalue weighted by atomic mass is 19.1. The second-order valence-electron chi connectivity index (χ2n) is 7.21. The molecule has 0 atom stereocenters. The second kappa shape index (κ2) is 8.10. The van der Waals surface area contributed by atoms with E-state index in [1.807, 2.05) is 0 Å². The van der Waals surface area contributed by atoms with Crippen LogP contribution in [-0.2, 0) is 7.05 Å². The zero-order valence-corrected chi connectivity index (χ0v) is 17.5. The van der Waals surface area contributed by atoms with Crippen LogP contribution in [0.25, 0.3) is 16.7 Å². The molecule has 8 nitrogen and oxygen atoms in total. The van der Waals surface area contributed by atoms with Gasteiger partial charge in [0.05, 0.1) is 29.4 Å². The van der Waals surface area contributed by atoms with Gasteiger partial charge in [-0.15, -0.1) is 0 Å². The number of anilines is 1. The third-order valence-electron chi connectivity index (χ3n) is 5.06. The molecule has 0 saturated carbocycles. The van der Waals surface area contributed by atoms with Crippen LogP contribution in [0.1, 0.15) is 15.9 Å². The minimum Gasteiger partial charge on any atom is -0.497 e. The van der Waals surface area contributed by atoms with Crippen molar-refractivity contribution in [1.29, 1.82) is 0 Å². The van der Waals surface area contributed by atoms with Crippen LogP contribution in [0.2, 0.25) is 0 Å². The fraction of sp³-hybridized carbons (Fsp3) is 0.130. The quantitative estimate of drug-likeness (QED) is 0.533. The molecule has 0 aliphatic carbocycles. The zero-order valence-electron chi connectivity index (χ0n) is 17.5. The van der Waals surface area contributed by atoms with Gasteiger partial charge in [-0.3, -0.25) is 14.2 Å². The van der Waals surface area contributed by atoms with Crippen molar-refractivity contribution in [3.05, 3.63) is 92.5 Å². The van der Waals surface area contributed by atoms with Gasteiger partial charge < -0.3 is 10.1 Å². The number of benzene rings is 2. The number of hydrogen-bond donors (Lipinski definition) is 1. The maximum Gasteiger partial charge on any atom is 0.337 e. The smallest absolute Gasteiger partial charge is 0.337 e. The summed E-state index contributed by atoms with van der Waals surface area (Å²) in [5.41, 5.74) is 0.167. The number of halogens is 1. The number of nitrogens with one attached hydrogen (secondary N) is 1. The van der Waals surface area contributed by atoms with Gasteiger partial charge in [0, 0.05) is 13.2 Å². The molecule has 4 rings (SSSR count). The van der Waals surface area contributed by atoms with Crippen molar-refractivity contribution >= 4 is 22.6 Å². The zero-order chi connectivity index (χ0) is 23.0. The van der Waals surface area contributed by atoms with E-state index in [4.69, 9.17) is 4.74 Å². The molecule has 162 valence electrons. The molecular weight excluding hydrogens is 415 g/mol. The van der Waals surface area contributed by atoms with Crippen molar-refractivity contribution < 1.29 is 13.9 Å². The van der Waals surface area contributed by atoms with Crippen molar-refractivity contribution in [2.75, 3.05) is 12.4 Å². The fourth-order valence-electron chi connectivity index (χ4n) is 3.31. The molecule has 0 spiro atoms. The number of hydrogen-bond acceptors (Lipinski definition) is 5. The summed E-state index contributed by atoms with van der Waals surface area (Å²) in [6.07, 6.45) is 1.24. The van der Waals surface area contributed by atoms with Crippen molar-refractivity contribution in [3.63, 3.8) is 0 Å². The predicted molar refractivity (Wildman–Crippen MR) is 118 cm³/mol. The van der Waals surface area contributed by atoms with E-state index in [9.17, 15) is 18.8 Å². The fourth-order valence-corrected chi connectivity index (χ4v) is 3.31. The van der Waals surface area contributed by atoms with Crippen LogP contribution in [0.15, 0.2) is 64.3 Å². The number of nitrogens with zero attached hydrogens (tertiary/aromatic N) is 3. The number of carbonyl (C=O) groups excluding carboxylic acids is 1. The molecule has 2 heterocycles. The molecule has 0 fully saturated rings. The van der Waals surface area contributed by atoms with Crippen LogP contribution in [0, 0.1) is 12.7 Å². The molecule has 0 aliphatic heterocycles. The molecule has 2 aromatic carbocycles. The molecule has 32 heavy (non-hydrogen) atoms. The summed E-state index contributed by atoms with van der Waals surface area (Å²) in [5.74, 6) is -0.603. The Morgan fingerprint density at radius 2 is 1.81 bits per heavy atom. The molecule has 0 saturated heterocycles. The first kappa shape index (κ1) is 21.0. The highest BCUT2D eigenvalue weighted by Gasteiger charge is 2.17. The van der Waals surface area contributed by atoms with Gasteiger partial charge in [0.15, 0.2) is 5.65 Å². The Morgan fingerprint density at radius 3 is 2.47 bits per heavy atom. The Bertz CT molecular complexity index is 1470. The summed E-state index contributed by atoms with van der Waals surface area (Å²) < 4.78 is 21.5. The number of fused-ring (bicyclic) bond motifs is 1. The largest absolute Gasteiger partial charge is 0.497 e. The first-order valence-corrected chi connectivity index (χ1v) is 9.64. The average Bonchev–Trinajstić information content (AvgIpc) is 2.79. The van der Waals surface area contributed by atoms with Gasteiger partial charge in [0.1, 0.15) is 11.6 Å². The van der Waals surface area contributed by atoms with Crippen molar-refractivity contribution in [1.82, 2.24) is 14.1 Å². The normalized spacial score (nSPS) is 10.9. The van der Waals surface area contributed by atoms with Gasteiger partial charge >= 0.3 is 5.69 Å². The number of methoxy groups -OCH3 is 1. The number of aryl methyl sites for hydroxylation is 1. The molecule has 4 aromatic rings. The SMILES string of the molecule is COc1ccc(-n2c(=O)n(C)c(=O)c3cc(C(=O)Nc4ccc(C)cc4F)cnc32)cc1. The summed E-state index contributed by atoms with van der Waals surface area (Å²) in [4.78, 5) is 42.5.